The van der Waals surface area contributed by atoms with Gasteiger partial charge in [-0.2, -0.15) is 0 Å². The van der Waals surface area contributed by atoms with Gasteiger partial charge >= 0.3 is 5.97 Å². The van der Waals surface area contributed by atoms with E-state index < -0.39 is 21.0 Å². The Balaban J connectivity index is 2.04. The number of esters is 1. The lowest BCUT2D eigenvalue weighted by Gasteiger charge is -2.57. The van der Waals surface area contributed by atoms with Crippen LogP contribution in [-0.4, -0.2) is 48.6 Å². The molecule has 0 aromatic heterocycles. The second kappa shape index (κ2) is 9.61. The predicted molar refractivity (Wildman–Crippen MR) is 129 cm³/mol. The lowest BCUT2D eigenvalue weighted by atomic mass is 9.62. The summed E-state index contributed by atoms with van der Waals surface area (Å²) < 4.78 is 30.7. The molecule has 182 valence electrons. The first kappa shape index (κ1) is 25.5. The van der Waals surface area contributed by atoms with E-state index >= 15 is 0 Å². The van der Waals surface area contributed by atoms with Crippen LogP contribution in [-0.2, 0) is 24.2 Å². The third-order valence-corrected chi connectivity index (χ3v) is 8.81. The number of hydrogen-bond acceptors (Lipinski definition) is 5. The Morgan fingerprint density at radius 2 is 1.85 bits per heavy atom. The van der Waals surface area contributed by atoms with Crippen molar-refractivity contribution in [1.29, 1.82) is 0 Å². The van der Waals surface area contributed by atoms with E-state index in [1.807, 2.05) is 44.7 Å². The topological polar surface area (TPSA) is 80.8 Å². The van der Waals surface area contributed by atoms with Gasteiger partial charge in [0.15, 0.2) is 9.84 Å². The van der Waals surface area contributed by atoms with E-state index in [4.69, 9.17) is 4.74 Å². The highest BCUT2D eigenvalue weighted by atomic mass is 32.2. The first-order valence-corrected chi connectivity index (χ1v) is 13.6. The van der Waals surface area contributed by atoms with Crippen LogP contribution in [0.25, 0.3) is 0 Å². The quantitative estimate of drug-likeness (QED) is 0.384. The van der Waals surface area contributed by atoms with Crippen LogP contribution in [0.5, 0.6) is 0 Å². The maximum absolute atomic E-state index is 13.2. The Labute approximate surface area is 198 Å². The number of amides is 1. The summed E-state index contributed by atoms with van der Waals surface area (Å²) in [5.74, 6) is -0.344. The Bertz CT molecular complexity index is 983. The highest BCUT2D eigenvalue weighted by Gasteiger charge is 2.55. The number of hydrogen-bond donors (Lipinski definition) is 0. The van der Waals surface area contributed by atoms with E-state index in [1.54, 1.807) is 18.2 Å². The third kappa shape index (κ3) is 5.34. The highest BCUT2D eigenvalue weighted by Crippen LogP contribution is 2.52. The van der Waals surface area contributed by atoms with Crippen LogP contribution in [0.1, 0.15) is 77.7 Å². The van der Waals surface area contributed by atoms with Gasteiger partial charge in [0.05, 0.1) is 22.6 Å². The lowest BCUT2D eigenvalue weighted by molar-refractivity contribution is -0.164. The molecule has 1 aromatic rings. The van der Waals surface area contributed by atoms with Crippen molar-refractivity contribution in [1.82, 2.24) is 4.90 Å². The second-order valence-corrected chi connectivity index (χ2v) is 12.5. The van der Waals surface area contributed by atoms with Crippen molar-refractivity contribution in [2.45, 2.75) is 88.2 Å². The molecule has 1 aliphatic carbocycles. The molecule has 0 spiro atoms. The Kier molecular flexibility index (Phi) is 7.42. The molecule has 0 N–H and O–H groups in total. The van der Waals surface area contributed by atoms with Crippen molar-refractivity contribution in [2.75, 3.05) is 12.3 Å². The minimum atomic E-state index is -3.34. The molecule has 6 nitrogen and oxygen atoms in total. The van der Waals surface area contributed by atoms with Crippen LogP contribution in [0.4, 0.5) is 0 Å². The van der Waals surface area contributed by atoms with E-state index in [2.05, 4.69) is 6.58 Å². The first-order chi connectivity index (χ1) is 15.4. The summed E-state index contributed by atoms with van der Waals surface area (Å²) in [4.78, 5) is 28.3. The molecule has 2 aliphatic heterocycles. The standard InChI is InChI=1S/C26H37NO5S/c1-6-16-27-24(29)20-12-14-26(27,15-13-20)22(18-23(28)32-25(3,4)5)19-8-10-21(11-9-19)33(30,31)17-7-2/h6,8-11,20,22H,1,7,12-18H2,2-5H3. The molecule has 3 fully saturated rings. The van der Waals surface area contributed by atoms with Crippen molar-refractivity contribution in [2.24, 2.45) is 5.92 Å². The van der Waals surface area contributed by atoms with Gasteiger partial charge in [-0.15, -0.1) is 6.58 Å². The van der Waals surface area contributed by atoms with E-state index in [0.717, 1.165) is 31.2 Å². The summed E-state index contributed by atoms with van der Waals surface area (Å²) in [6.45, 7) is 11.6. The molecular formula is C26H37NO5S. The SMILES string of the molecule is C=CCN1C(=O)C2CCC1(C(CC(=O)OC(C)(C)C)c1ccc(S(=O)(=O)CCC)cc1)CC2. The van der Waals surface area contributed by atoms with Crippen LogP contribution in [0.15, 0.2) is 41.8 Å². The maximum Gasteiger partial charge on any atom is 0.307 e. The number of nitrogens with zero attached hydrogens (tertiary/aromatic N) is 1. The molecule has 1 atom stereocenters. The van der Waals surface area contributed by atoms with Gasteiger partial charge in [-0.05, 0) is 70.6 Å². The van der Waals surface area contributed by atoms with Gasteiger partial charge < -0.3 is 9.64 Å². The van der Waals surface area contributed by atoms with Gasteiger partial charge in [-0.3, -0.25) is 9.59 Å². The minimum absolute atomic E-state index is 0.0376. The molecule has 4 rings (SSSR count). The van der Waals surface area contributed by atoms with Crippen molar-refractivity contribution in [3.05, 3.63) is 42.5 Å². The summed E-state index contributed by atoms with van der Waals surface area (Å²) in [7, 11) is -3.34. The zero-order chi connectivity index (χ0) is 24.4. The smallest absolute Gasteiger partial charge is 0.307 e. The van der Waals surface area contributed by atoms with Crippen molar-refractivity contribution in [3.8, 4) is 0 Å². The number of carbonyl (C=O) groups is 2. The third-order valence-electron chi connectivity index (χ3n) is 6.87. The molecule has 2 bridgehead atoms. The second-order valence-electron chi connectivity index (χ2n) is 10.3. The summed E-state index contributed by atoms with van der Waals surface area (Å²) in [6.07, 6.45) is 5.64. The van der Waals surface area contributed by atoms with Crippen molar-refractivity contribution in [3.63, 3.8) is 0 Å². The van der Waals surface area contributed by atoms with Gasteiger partial charge in [0.25, 0.3) is 0 Å². The summed E-state index contributed by atoms with van der Waals surface area (Å²) >= 11 is 0. The van der Waals surface area contributed by atoms with Crippen LogP contribution in [0.3, 0.4) is 0 Å². The van der Waals surface area contributed by atoms with Gasteiger partial charge in [-0.25, -0.2) is 8.42 Å². The number of fused-ring (bicyclic) bond motifs is 3. The number of rotatable bonds is 9. The lowest BCUT2D eigenvalue weighted by Crippen LogP contribution is -2.64. The van der Waals surface area contributed by atoms with Crippen molar-refractivity contribution >= 4 is 21.7 Å². The van der Waals surface area contributed by atoms with Gasteiger partial charge in [-0.1, -0.05) is 25.1 Å². The normalized spacial score (nSPS) is 23.9. The maximum atomic E-state index is 13.2. The highest BCUT2D eigenvalue weighted by molar-refractivity contribution is 7.91. The number of sulfone groups is 1. The Morgan fingerprint density at radius 1 is 1.24 bits per heavy atom. The zero-order valence-corrected chi connectivity index (χ0v) is 21.1. The zero-order valence-electron chi connectivity index (χ0n) is 20.3. The van der Waals surface area contributed by atoms with E-state index in [-0.39, 0.29) is 40.8 Å². The van der Waals surface area contributed by atoms with Gasteiger partial charge in [0, 0.05) is 18.4 Å². The molecule has 1 unspecified atom stereocenters. The van der Waals surface area contributed by atoms with Gasteiger partial charge in [0.2, 0.25) is 5.91 Å². The molecule has 0 radical (unpaired) electrons. The fourth-order valence-electron chi connectivity index (χ4n) is 5.47. The molecule has 1 aromatic carbocycles. The minimum Gasteiger partial charge on any atom is -0.460 e. The van der Waals surface area contributed by atoms with Crippen LogP contribution >= 0.6 is 0 Å². The first-order valence-electron chi connectivity index (χ1n) is 11.9. The molecule has 3 aliphatic rings. The van der Waals surface area contributed by atoms with Crippen LogP contribution in [0, 0.1) is 5.92 Å². The number of ether oxygens (including phenoxy) is 1. The van der Waals surface area contributed by atoms with E-state index in [1.165, 1.54) is 0 Å². The molecule has 7 heteroatoms. The average molecular weight is 476 g/mol. The number of carbonyl (C=O) groups excluding carboxylic acids is 2. The fourth-order valence-corrected chi connectivity index (χ4v) is 6.80. The van der Waals surface area contributed by atoms with E-state index in [9.17, 15) is 18.0 Å². The molecule has 2 heterocycles. The van der Waals surface area contributed by atoms with E-state index in [0.29, 0.717) is 13.0 Å². The Morgan fingerprint density at radius 3 is 2.36 bits per heavy atom. The molecule has 1 saturated carbocycles. The largest absolute Gasteiger partial charge is 0.460 e. The summed E-state index contributed by atoms with van der Waals surface area (Å²) in [5, 5.41) is 0. The van der Waals surface area contributed by atoms with Crippen molar-refractivity contribution < 1.29 is 22.7 Å². The number of piperidine rings is 2. The fraction of sp³-hybridized carbons (Fsp3) is 0.615. The Hall–Kier alpha value is -2.15. The molecule has 2 saturated heterocycles. The average Bonchev–Trinajstić information content (AvgIpc) is 2.74. The molecule has 33 heavy (non-hydrogen) atoms. The summed E-state index contributed by atoms with van der Waals surface area (Å²) in [6, 6.07) is 6.88. The summed E-state index contributed by atoms with van der Waals surface area (Å²) in [5.41, 5.74) is -0.266. The monoisotopic (exact) mass is 475 g/mol. The van der Waals surface area contributed by atoms with Crippen LogP contribution < -0.4 is 0 Å². The molecule has 1 amide bonds. The predicted octanol–water partition coefficient (Wildman–Crippen LogP) is 4.64. The van der Waals surface area contributed by atoms with Gasteiger partial charge in [0.1, 0.15) is 5.60 Å². The molecular weight excluding hydrogens is 438 g/mol. The van der Waals surface area contributed by atoms with Crippen LogP contribution in [0.2, 0.25) is 0 Å². The number of benzene rings is 1.